The molecule has 5 nitrogen and oxygen atoms in total. The van der Waals surface area contributed by atoms with Gasteiger partial charge >= 0.3 is 0 Å². The van der Waals surface area contributed by atoms with Crippen LogP contribution in [-0.2, 0) is 16.0 Å². The minimum Gasteiger partial charge on any atom is -0.368 e. The first-order valence-corrected chi connectivity index (χ1v) is 8.48. The van der Waals surface area contributed by atoms with Crippen molar-refractivity contribution >= 4 is 23.1 Å². The molecule has 24 heavy (non-hydrogen) atoms. The molecule has 2 unspecified atom stereocenters. The van der Waals surface area contributed by atoms with E-state index in [1.54, 1.807) is 6.20 Å². The number of pyridine rings is 1. The molecule has 1 aromatic carbocycles. The number of fused-ring (bicyclic) bond motifs is 1. The molecule has 124 valence electrons. The Bertz CT molecular complexity index is 739. The number of rotatable bonds is 3. The number of amides is 1. The Morgan fingerprint density at radius 2 is 2.17 bits per heavy atom. The molecule has 5 heteroatoms. The van der Waals surface area contributed by atoms with Gasteiger partial charge in [0.2, 0.25) is 0 Å². The van der Waals surface area contributed by atoms with Gasteiger partial charge in [-0.1, -0.05) is 18.2 Å². The monoisotopic (exact) mass is 323 g/mol. The summed E-state index contributed by atoms with van der Waals surface area (Å²) in [6.07, 6.45) is 4.15. The van der Waals surface area contributed by atoms with Crippen LogP contribution in [0, 0.1) is 0 Å². The molecule has 1 fully saturated rings. The molecule has 2 aliphatic heterocycles. The number of para-hydroxylation sites is 1. The topological polar surface area (TPSA) is 54.5 Å². The molecule has 1 N–H and O–H groups in total. The zero-order chi connectivity index (χ0) is 16.5. The third-order valence-corrected chi connectivity index (χ3v) is 4.69. The molecule has 4 rings (SSSR count). The summed E-state index contributed by atoms with van der Waals surface area (Å²) in [4.78, 5) is 18.9. The van der Waals surface area contributed by atoms with Crippen LogP contribution in [0.5, 0.6) is 0 Å². The van der Waals surface area contributed by atoms with E-state index < -0.39 is 0 Å². The zero-order valence-electron chi connectivity index (χ0n) is 13.7. The molecular formula is C19H21N3O2. The van der Waals surface area contributed by atoms with Crippen LogP contribution in [0.1, 0.15) is 25.3 Å². The number of nitrogens with zero attached hydrogens (tertiary/aromatic N) is 2. The normalized spacial score (nSPS) is 22.5. The first-order valence-electron chi connectivity index (χ1n) is 8.48. The van der Waals surface area contributed by atoms with Crippen LogP contribution in [-0.4, -0.2) is 29.6 Å². The smallest absolute Gasteiger partial charge is 0.253 e. The molecule has 2 aromatic rings. The fourth-order valence-corrected chi connectivity index (χ4v) is 3.52. The number of carbonyl (C=O) groups is 1. The quantitative estimate of drug-likeness (QED) is 0.942. The van der Waals surface area contributed by atoms with Gasteiger partial charge in [-0.15, -0.1) is 0 Å². The van der Waals surface area contributed by atoms with Crippen LogP contribution in [0.2, 0.25) is 0 Å². The first-order chi connectivity index (χ1) is 11.7. The Kier molecular flexibility index (Phi) is 3.94. The van der Waals surface area contributed by atoms with Gasteiger partial charge in [0.1, 0.15) is 11.9 Å². The molecule has 0 radical (unpaired) electrons. The van der Waals surface area contributed by atoms with Gasteiger partial charge < -0.3 is 15.0 Å². The first kappa shape index (κ1) is 15.1. The van der Waals surface area contributed by atoms with Crippen molar-refractivity contribution in [3.63, 3.8) is 0 Å². The van der Waals surface area contributed by atoms with Gasteiger partial charge in [0, 0.05) is 18.3 Å². The number of aromatic nitrogens is 1. The van der Waals surface area contributed by atoms with Gasteiger partial charge in [-0.3, -0.25) is 4.79 Å². The Balaban J connectivity index is 1.51. The van der Waals surface area contributed by atoms with E-state index in [2.05, 4.69) is 46.4 Å². The van der Waals surface area contributed by atoms with Gasteiger partial charge in [0.25, 0.3) is 5.91 Å². The average Bonchev–Trinajstić information content (AvgIpc) is 3.23. The largest absolute Gasteiger partial charge is 0.368 e. The van der Waals surface area contributed by atoms with Crippen molar-refractivity contribution in [3.8, 4) is 0 Å². The van der Waals surface area contributed by atoms with Crippen LogP contribution >= 0.6 is 0 Å². The zero-order valence-corrected chi connectivity index (χ0v) is 13.7. The number of anilines is 3. The molecule has 3 heterocycles. The summed E-state index contributed by atoms with van der Waals surface area (Å²) < 4.78 is 5.40. The summed E-state index contributed by atoms with van der Waals surface area (Å²) in [5.74, 6) is 0.824. The minimum atomic E-state index is -0.324. The van der Waals surface area contributed by atoms with Crippen LogP contribution in [0.25, 0.3) is 0 Å². The highest BCUT2D eigenvalue weighted by atomic mass is 16.5. The predicted molar refractivity (Wildman–Crippen MR) is 93.6 cm³/mol. The Hall–Kier alpha value is -2.40. The molecule has 0 spiro atoms. The number of hydrogen-bond donors (Lipinski definition) is 1. The van der Waals surface area contributed by atoms with Crippen molar-refractivity contribution in [1.29, 1.82) is 0 Å². The number of hydrogen-bond acceptors (Lipinski definition) is 4. The second-order valence-electron chi connectivity index (χ2n) is 6.45. The summed E-state index contributed by atoms with van der Waals surface area (Å²) in [6.45, 7) is 2.87. The van der Waals surface area contributed by atoms with Crippen LogP contribution in [0.3, 0.4) is 0 Å². The van der Waals surface area contributed by atoms with Crippen LogP contribution in [0.4, 0.5) is 17.2 Å². The molecule has 1 aromatic heterocycles. The SMILES string of the molecule is CC1Cc2ccccc2N1c1ccc(NC(=O)C2CCCO2)cn1. The molecule has 2 aliphatic rings. The summed E-state index contributed by atoms with van der Waals surface area (Å²) in [7, 11) is 0. The predicted octanol–water partition coefficient (Wildman–Crippen LogP) is 3.28. The number of benzene rings is 1. The Morgan fingerprint density at radius 3 is 2.92 bits per heavy atom. The lowest BCUT2D eigenvalue weighted by Gasteiger charge is -2.24. The van der Waals surface area contributed by atoms with Gasteiger partial charge in [-0.05, 0) is 49.9 Å². The van der Waals surface area contributed by atoms with Crippen molar-refractivity contribution in [2.24, 2.45) is 0 Å². The summed E-state index contributed by atoms with van der Waals surface area (Å²) in [6, 6.07) is 12.7. The number of nitrogens with one attached hydrogen (secondary N) is 1. The molecular weight excluding hydrogens is 302 g/mol. The van der Waals surface area contributed by atoms with Gasteiger partial charge in [-0.2, -0.15) is 0 Å². The van der Waals surface area contributed by atoms with Crippen molar-refractivity contribution in [2.75, 3.05) is 16.8 Å². The second kappa shape index (κ2) is 6.24. The number of carbonyl (C=O) groups excluding carboxylic acids is 1. The van der Waals surface area contributed by atoms with E-state index >= 15 is 0 Å². The molecule has 1 amide bonds. The van der Waals surface area contributed by atoms with Crippen LogP contribution < -0.4 is 10.2 Å². The van der Waals surface area contributed by atoms with E-state index in [0.29, 0.717) is 18.3 Å². The maximum Gasteiger partial charge on any atom is 0.253 e. The van der Waals surface area contributed by atoms with E-state index in [9.17, 15) is 4.79 Å². The van der Waals surface area contributed by atoms with Gasteiger partial charge in [0.05, 0.1) is 11.9 Å². The molecule has 2 atom stereocenters. The van der Waals surface area contributed by atoms with Crippen molar-refractivity contribution < 1.29 is 9.53 Å². The van der Waals surface area contributed by atoms with Crippen molar-refractivity contribution in [1.82, 2.24) is 4.98 Å². The van der Waals surface area contributed by atoms with E-state index in [-0.39, 0.29) is 12.0 Å². The summed E-state index contributed by atoms with van der Waals surface area (Å²) in [5, 5.41) is 2.89. The highest BCUT2D eigenvalue weighted by Gasteiger charge is 2.28. The highest BCUT2D eigenvalue weighted by Crippen LogP contribution is 2.37. The lowest BCUT2D eigenvalue weighted by atomic mass is 10.1. The number of ether oxygens (including phenoxy) is 1. The van der Waals surface area contributed by atoms with E-state index in [1.807, 2.05) is 12.1 Å². The van der Waals surface area contributed by atoms with Crippen molar-refractivity contribution in [3.05, 3.63) is 48.2 Å². The summed E-state index contributed by atoms with van der Waals surface area (Å²) >= 11 is 0. The highest BCUT2D eigenvalue weighted by molar-refractivity contribution is 5.94. The third-order valence-electron chi connectivity index (χ3n) is 4.69. The Labute approximate surface area is 141 Å². The summed E-state index contributed by atoms with van der Waals surface area (Å²) in [5.41, 5.74) is 3.27. The third kappa shape index (κ3) is 2.76. The molecule has 0 bridgehead atoms. The molecule has 1 saturated heterocycles. The van der Waals surface area contributed by atoms with Crippen molar-refractivity contribution in [2.45, 2.75) is 38.3 Å². The van der Waals surface area contributed by atoms with E-state index in [0.717, 1.165) is 25.1 Å². The fourth-order valence-electron chi connectivity index (χ4n) is 3.52. The fraction of sp³-hybridized carbons (Fsp3) is 0.368. The Morgan fingerprint density at radius 1 is 1.29 bits per heavy atom. The average molecular weight is 323 g/mol. The van der Waals surface area contributed by atoms with Gasteiger partial charge in [-0.25, -0.2) is 4.98 Å². The lowest BCUT2D eigenvalue weighted by Crippen LogP contribution is -2.27. The lowest BCUT2D eigenvalue weighted by molar-refractivity contribution is -0.124. The standard InChI is InChI=1S/C19H21N3O2/c1-13-11-14-5-2-3-6-16(14)22(13)18-9-8-15(12-20-18)21-19(23)17-7-4-10-24-17/h2-3,5-6,8-9,12-13,17H,4,7,10-11H2,1H3,(H,21,23). The van der Waals surface area contributed by atoms with Crippen LogP contribution in [0.15, 0.2) is 42.6 Å². The molecule has 0 aliphatic carbocycles. The maximum atomic E-state index is 12.1. The molecule has 0 saturated carbocycles. The maximum absolute atomic E-state index is 12.1. The van der Waals surface area contributed by atoms with E-state index in [1.165, 1.54) is 11.3 Å². The second-order valence-corrected chi connectivity index (χ2v) is 6.45. The van der Waals surface area contributed by atoms with E-state index in [4.69, 9.17) is 4.74 Å². The minimum absolute atomic E-state index is 0.0815. The van der Waals surface area contributed by atoms with Gasteiger partial charge in [0.15, 0.2) is 0 Å².